The maximum absolute atomic E-state index is 12.3. The highest BCUT2D eigenvalue weighted by Gasteiger charge is 2.41. The molecule has 0 bridgehead atoms. The van der Waals surface area contributed by atoms with Crippen LogP contribution in [0, 0.1) is 6.92 Å². The van der Waals surface area contributed by atoms with Gasteiger partial charge in [-0.2, -0.15) is 0 Å². The van der Waals surface area contributed by atoms with Gasteiger partial charge in [0.25, 0.3) is 0 Å². The van der Waals surface area contributed by atoms with E-state index in [0.717, 1.165) is 16.7 Å². The summed E-state index contributed by atoms with van der Waals surface area (Å²) < 4.78 is 11.2. The third-order valence-electron chi connectivity index (χ3n) is 3.94. The maximum Gasteiger partial charge on any atom is 0.337 e. The van der Waals surface area contributed by atoms with Gasteiger partial charge in [0.1, 0.15) is 6.23 Å². The molecule has 23 heavy (non-hydrogen) atoms. The molecule has 0 aromatic heterocycles. The molecule has 0 radical (unpaired) electrons. The van der Waals surface area contributed by atoms with Crippen LogP contribution in [0.1, 0.15) is 35.9 Å². The molecule has 4 nitrogen and oxygen atoms in total. The van der Waals surface area contributed by atoms with E-state index in [4.69, 9.17) is 9.47 Å². The van der Waals surface area contributed by atoms with Crippen molar-refractivity contribution in [2.75, 3.05) is 6.61 Å². The predicted octanol–water partition coefficient (Wildman–Crippen LogP) is 3.29. The zero-order valence-corrected chi connectivity index (χ0v) is 13.4. The lowest BCUT2D eigenvalue weighted by Gasteiger charge is -2.17. The molecular weight excluding hydrogens is 290 g/mol. The first-order valence-electron chi connectivity index (χ1n) is 7.88. The van der Waals surface area contributed by atoms with Gasteiger partial charge in [-0.05, 0) is 25.0 Å². The molecule has 2 aromatic carbocycles. The summed E-state index contributed by atoms with van der Waals surface area (Å²) in [5.74, 6) is -0.329. The molecule has 2 aromatic rings. The van der Waals surface area contributed by atoms with Gasteiger partial charge in [0.15, 0.2) is 6.10 Å². The van der Waals surface area contributed by atoms with Crippen LogP contribution in [-0.4, -0.2) is 18.7 Å². The van der Waals surface area contributed by atoms with Crippen LogP contribution in [0.3, 0.4) is 0 Å². The van der Waals surface area contributed by atoms with Gasteiger partial charge in [0.05, 0.1) is 12.6 Å². The van der Waals surface area contributed by atoms with E-state index < -0.39 is 6.10 Å². The Labute approximate surface area is 136 Å². The standard InChI is InChI=1S/C19H21NO3/c1-3-22-19(21)17-16(15-11-7-8-13(2)12-15)20-18(23-17)14-9-5-4-6-10-14/h4-12,16-18,20H,3H2,1-2H3/t16-,17+,18?/m0/s1. The van der Waals surface area contributed by atoms with E-state index in [9.17, 15) is 4.79 Å². The normalized spacial score (nSPS) is 23.7. The Morgan fingerprint density at radius 2 is 1.87 bits per heavy atom. The number of benzene rings is 2. The van der Waals surface area contributed by atoms with Gasteiger partial charge in [-0.1, -0.05) is 60.2 Å². The van der Waals surface area contributed by atoms with E-state index in [2.05, 4.69) is 11.4 Å². The van der Waals surface area contributed by atoms with Gasteiger partial charge in [-0.15, -0.1) is 0 Å². The summed E-state index contributed by atoms with van der Waals surface area (Å²) in [7, 11) is 0. The van der Waals surface area contributed by atoms with Gasteiger partial charge in [-0.25, -0.2) is 4.79 Å². The number of carbonyl (C=O) groups is 1. The molecule has 3 rings (SSSR count). The van der Waals surface area contributed by atoms with Crippen molar-refractivity contribution >= 4 is 5.97 Å². The molecule has 4 heteroatoms. The number of ether oxygens (including phenoxy) is 2. The number of hydrogen-bond donors (Lipinski definition) is 1. The molecular formula is C19H21NO3. The highest BCUT2D eigenvalue weighted by Crippen LogP contribution is 2.34. The monoisotopic (exact) mass is 311 g/mol. The van der Waals surface area contributed by atoms with E-state index >= 15 is 0 Å². The zero-order chi connectivity index (χ0) is 16.2. The smallest absolute Gasteiger partial charge is 0.337 e. The van der Waals surface area contributed by atoms with Gasteiger partial charge in [0, 0.05) is 0 Å². The summed E-state index contributed by atoms with van der Waals surface area (Å²) in [6.07, 6.45) is -0.974. The summed E-state index contributed by atoms with van der Waals surface area (Å²) in [6, 6.07) is 17.7. The Balaban J connectivity index is 1.89. The van der Waals surface area contributed by atoms with E-state index in [-0.39, 0.29) is 18.2 Å². The van der Waals surface area contributed by atoms with E-state index in [0.29, 0.717) is 6.61 Å². The van der Waals surface area contributed by atoms with Crippen molar-refractivity contribution in [2.45, 2.75) is 32.2 Å². The quantitative estimate of drug-likeness (QED) is 0.880. The minimum absolute atomic E-state index is 0.223. The number of carbonyl (C=O) groups excluding carboxylic acids is 1. The van der Waals surface area contributed by atoms with Crippen LogP contribution < -0.4 is 5.32 Å². The van der Waals surface area contributed by atoms with Crippen molar-refractivity contribution in [3.05, 3.63) is 71.3 Å². The molecule has 1 heterocycles. The summed E-state index contributed by atoms with van der Waals surface area (Å²) in [5, 5.41) is 3.42. The van der Waals surface area contributed by atoms with Crippen LogP contribution in [0.15, 0.2) is 54.6 Å². The number of nitrogens with one attached hydrogen (secondary N) is 1. The van der Waals surface area contributed by atoms with Crippen LogP contribution in [0.25, 0.3) is 0 Å². The number of aryl methyl sites for hydroxylation is 1. The van der Waals surface area contributed by atoms with Crippen LogP contribution >= 0.6 is 0 Å². The van der Waals surface area contributed by atoms with Crippen LogP contribution in [-0.2, 0) is 14.3 Å². The Kier molecular flexibility index (Phi) is 4.74. The van der Waals surface area contributed by atoms with Crippen molar-refractivity contribution in [3.63, 3.8) is 0 Å². The van der Waals surface area contributed by atoms with Gasteiger partial charge < -0.3 is 9.47 Å². The molecule has 120 valence electrons. The summed E-state index contributed by atoms with van der Waals surface area (Å²) in [6.45, 7) is 4.18. The van der Waals surface area contributed by atoms with E-state index in [1.165, 1.54) is 0 Å². The molecule has 3 atom stereocenters. The summed E-state index contributed by atoms with van der Waals surface area (Å²) in [4.78, 5) is 12.3. The number of hydrogen-bond acceptors (Lipinski definition) is 4. The molecule has 0 aliphatic carbocycles. The average Bonchev–Trinajstić information content (AvgIpc) is 3.01. The minimum atomic E-state index is -0.651. The molecule has 1 aliphatic rings. The molecule has 0 saturated carbocycles. The van der Waals surface area contributed by atoms with Crippen molar-refractivity contribution in [1.29, 1.82) is 0 Å². The van der Waals surface area contributed by atoms with E-state index in [1.807, 2.05) is 55.5 Å². The minimum Gasteiger partial charge on any atom is -0.464 e. The Hall–Kier alpha value is -2.17. The lowest BCUT2D eigenvalue weighted by Crippen LogP contribution is -2.30. The number of esters is 1. The molecule has 1 N–H and O–H groups in total. The predicted molar refractivity (Wildman–Crippen MR) is 87.7 cm³/mol. The first kappa shape index (κ1) is 15.7. The molecule has 0 spiro atoms. The van der Waals surface area contributed by atoms with Crippen LogP contribution in [0.5, 0.6) is 0 Å². The van der Waals surface area contributed by atoms with Crippen molar-refractivity contribution in [3.8, 4) is 0 Å². The number of rotatable bonds is 4. The lowest BCUT2D eigenvalue weighted by molar-refractivity contribution is -0.156. The van der Waals surface area contributed by atoms with Crippen LogP contribution in [0.2, 0.25) is 0 Å². The average molecular weight is 311 g/mol. The third kappa shape index (κ3) is 3.44. The van der Waals surface area contributed by atoms with Gasteiger partial charge >= 0.3 is 5.97 Å². The topological polar surface area (TPSA) is 47.6 Å². The second-order valence-electron chi connectivity index (χ2n) is 5.66. The van der Waals surface area contributed by atoms with Gasteiger partial charge in [0.2, 0.25) is 0 Å². The fourth-order valence-corrected chi connectivity index (χ4v) is 2.87. The summed E-state index contributed by atoms with van der Waals surface area (Å²) in [5.41, 5.74) is 3.17. The molecule has 0 amide bonds. The Morgan fingerprint density at radius 3 is 2.57 bits per heavy atom. The maximum atomic E-state index is 12.3. The highest BCUT2D eigenvalue weighted by molar-refractivity contribution is 5.76. The first-order valence-corrected chi connectivity index (χ1v) is 7.88. The zero-order valence-electron chi connectivity index (χ0n) is 13.4. The SMILES string of the molecule is CCOC(=O)[C@@H]1OC(c2ccccc2)N[C@H]1c1cccc(C)c1. The lowest BCUT2D eigenvalue weighted by atomic mass is 10.0. The second kappa shape index (κ2) is 6.94. The summed E-state index contributed by atoms with van der Waals surface area (Å²) >= 11 is 0. The first-order chi connectivity index (χ1) is 11.2. The molecule has 1 fully saturated rings. The Morgan fingerprint density at radius 1 is 1.13 bits per heavy atom. The fourth-order valence-electron chi connectivity index (χ4n) is 2.87. The van der Waals surface area contributed by atoms with Crippen molar-refractivity contribution in [2.24, 2.45) is 0 Å². The third-order valence-corrected chi connectivity index (χ3v) is 3.94. The Bertz CT molecular complexity index is 671. The van der Waals surface area contributed by atoms with Gasteiger partial charge in [-0.3, -0.25) is 5.32 Å². The molecule has 1 unspecified atom stereocenters. The largest absolute Gasteiger partial charge is 0.464 e. The van der Waals surface area contributed by atoms with Crippen molar-refractivity contribution in [1.82, 2.24) is 5.32 Å². The molecule has 1 saturated heterocycles. The second-order valence-corrected chi connectivity index (χ2v) is 5.66. The highest BCUT2D eigenvalue weighted by atomic mass is 16.6. The molecule has 1 aliphatic heterocycles. The van der Waals surface area contributed by atoms with Crippen molar-refractivity contribution < 1.29 is 14.3 Å². The van der Waals surface area contributed by atoms with E-state index in [1.54, 1.807) is 6.92 Å². The fraction of sp³-hybridized carbons (Fsp3) is 0.316. The van der Waals surface area contributed by atoms with Crippen LogP contribution in [0.4, 0.5) is 0 Å².